The molecule has 0 saturated carbocycles. The van der Waals surface area contributed by atoms with Crippen molar-refractivity contribution >= 4 is 23.3 Å². The summed E-state index contributed by atoms with van der Waals surface area (Å²) in [5.41, 5.74) is 1.43. The molecule has 1 unspecified atom stereocenters. The van der Waals surface area contributed by atoms with Crippen LogP contribution in [0.3, 0.4) is 0 Å². The van der Waals surface area contributed by atoms with Gasteiger partial charge in [-0.15, -0.1) is 0 Å². The number of nitrogens with zero attached hydrogens (tertiary/aromatic N) is 1. The maximum atomic E-state index is 13.3. The molecule has 0 bridgehead atoms. The number of anilines is 1. The van der Waals surface area contributed by atoms with Crippen molar-refractivity contribution in [2.24, 2.45) is 0 Å². The maximum absolute atomic E-state index is 13.3. The number of hydrogen-bond acceptors (Lipinski definition) is 1. The molecule has 5 heteroatoms. The quantitative estimate of drug-likeness (QED) is 0.751. The van der Waals surface area contributed by atoms with Gasteiger partial charge >= 0.3 is 6.03 Å². The Bertz CT molecular complexity index is 722. The van der Waals surface area contributed by atoms with Crippen LogP contribution in [0, 0.1) is 5.82 Å². The van der Waals surface area contributed by atoms with E-state index in [1.807, 2.05) is 29.2 Å². The summed E-state index contributed by atoms with van der Waals surface area (Å²) in [4.78, 5) is 14.6. The van der Waals surface area contributed by atoms with E-state index in [2.05, 4.69) is 5.32 Å². The van der Waals surface area contributed by atoms with Crippen molar-refractivity contribution in [2.45, 2.75) is 31.7 Å². The molecule has 1 aliphatic heterocycles. The van der Waals surface area contributed by atoms with Crippen LogP contribution in [0.15, 0.2) is 48.5 Å². The van der Waals surface area contributed by atoms with E-state index in [4.69, 9.17) is 11.6 Å². The molecule has 2 amide bonds. The summed E-state index contributed by atoms with van der Waals surface area (Å²) < 4.78 is 13.3. The topological polar surface area (TPSA) is 32.3 Å². The van der Waals surface area contributed by atoms with E-state index in [9.17, 15) is 9.18 Å². The van der Waals surface area contributed by atoms with Crippen molar-refractivity contribution in [3.05, 3.63) is 64.9 Å². The van der Waals surface area contributed by atoms with Gasteiger partial charge < -0.3 is 10.2 Å². The number of carbonyl (C=O) groups excluding carboxylic acids is 1. The van der Waals surface area contributed by atoms with Crippen LogP contribution >= 0.6 is 11.6 Å². The number of carbonyl (C=O) groups is 1. The first-order valence-electron chi connectivity index (χ1n) is 8.23. The average Bonchev–Trinajstić information content (AvgIpc) is 2.81. The second-order valence-electron chi connectivity index (χ2n) is 6.02. The van der Waals surface area contributed by atoms with E-state index < -0.39 is 0 Å². The first kappa shape index (κ1) is 16.8. The Labute approximate surface area is 146 Å². The number of benzene rings is 2. The zero-order valence-corrected chi connectivity index (χ0v) is 14.1. The van der Waals surface area contributed by atoms with Crippen molar-refractivity contribution in [2.75, 3.05) is 11.9 Å². The fourth-order valence-electron chi connectivity index (χ4n) is 3.18. The zero-order valence-electron chi connectivity index (χ0n) is 13.3. The lowest BCUT2D eigenvalue weighted by Crippen LogP contribution is -2.38. The Morgan fingerprint density at radius 2 is 1.96 bits per heavy atom. The Morgan fingerprint density at radius 3 is 2.75 bits per heavy atom. The fraction of sp³-hybridized carbons (Fsp3) is 0.316. The Kier molecular flexibility index (Phi) is 5.36. The number of urea groups is 1. The molecular weight excluding hydrogens is 327 g/mol. The molecule has 0 aliphatic carbocycles. The molecule has 2 aromatic rings. The van der Waals surface area contributed by atoms with Crippen molar-refractivity contribution in [1.82, 2.24) is 4.90 Å². The summed E-state index contributed by atoms with van der Waals surface area (Å²) >= 11 is 6.35. The van der Waals surface area contributed by atoms with Crippen molar-refractivity contribution in [3.8, 4) is 0 Å². The minimum atomic E-state index is -0.369. The molecule has 3 rings (SSSR count). The van der Waals surface area contributed by atoms with E-state index in [0.717, 1.165) is 31.2 Å². The third-order valence-corrected chi connectivity index (χ3v) is 4.70. The van der Waals surface area contributed by atoms with E-state index in [1.54, 1.807) is 12.1 Å². The second kappa shape index (κ2) is 7.67. The van der Waals surface area contributed by atoms with Crippen LogP contribution in [0.4, 0.5) is 14.9 Å². The van der Waals surface area contributed by atoms with Gasteiger partial charge in [0.15, 0.2) is 0 Å². The Morgan fingerprint density at radius 1 is 1.12 bits per heavy atom. The van der Waals surface area contributed by atoms with Crippen LogP contribution in [-0.2, 0) is 0 Å². The summed E-state index contributed by atoms with van der Waals surface area (Å²) in [6.07, 6.45) is 3.97. The standard InChI is InChI=1S/C19H20ClFN2O/c20-17-10-4-3-9-16(17)18-11-2-1-5-12-23(18)19(24)22-15-8-6-7-14(21)13-15/h3-4,6-10,13,18H,1-2,5,11-12H2,(H,22,24). The predicted octanol–water partition coefficient (Wildman–Crippen LogP) is 5.63. The summed E-state index contributed by atoms with van der Waals surface area (Å²) in [6.45, 7) is 0.664. The Hall–Kier alpha value is -2.07. The second-order valence-corrected chi connectivity index (χ2v) is 6.43. The van der Waals surface area contributed by atoms with E-state index >= 15 is 0 Å². The molecule has 1 fully saturated rings. The van der Waals surface area contributed by atoms with Crippen molar-refractivity contribution in [3.63, 3.8) is 0 Å². The summed E-state index contributed by atoms with van der Waals surface area (Å²) in [5, 5.41) is 3.48. The highest BCUT2D eigenvalue weighted by atomic mass is 35.5. The first-order valence-corrected chi connectivity index (χ1v) is 8.60. The van der Waals surface area contributed by atoms with E-state index in [1.165, 1.54) is 12.1 Å². The average molecular weight is 347 g/mol. The molecule has 3 nitrogen and oxygen atoms in total. The van der Waals surface area contributed by atoms with Gasteiger partial charge in [-0.05, 0) is 42.7 Å². The molecule has 1 aliphatic rings. The molecule has 1 N–H and O–H groups in total. The molecule has 0 aromatic heterocycles. The van der Waals surface area contributed by atoms with Gasteiger partial charge in [-0.2, -0.15) is 0 Å². The van der Waals surface area contributed by atoms with Gasteiger partial charge in [-0.3, -0.25) is 0 Å². The smallest absolute Gasteiger partial charge is 0.317 e. The Balaban J connectivity index is 1.84. The number of rotatable bonds is 2. The summed E-state index contributed by atoms with van der Waals surface area (Å²) in [7, 11) is 0. The van der Waals surface area contributed by atoms with Crippen LogP contribution < -0.4 is 5.32 Å². The number of halogens is 2. The molecule has 126 valence electrons. The number of likely N-dealkylation sites (tertiary alicyclic amines) is 1. The predicted molar refractivity (Wildman–Crippen MR) is 94.8 cm³/mol. The highest BCUT2D eigenvalue weighted by molar-refractivity contribution is 6.31. The van der Waals surface area contributed by atoms with Crippen molar-refractivity contribution < 1.29 is 9.18 Å². The normalized spacial score (nSPS) is 18.1. The van der Waals surface area contributed by atoms with Gasteiger partial charge in [0, 0.05) is 17.3 Å². The lowest BCUT2D eigenvalue weighted by Gasteiger charge is -2.31. The number of hydrogen-bond donors (Lipinski definition) is 1. The molecule has 0 spiro atoms. The largest absolute Gasteiger partial charge is 0.322 e. The molecule has 24 heavy (non-hydrogen) atoms. The third-order valence-electron chi connectivity index (χ3n) is 4.35. The first-order chi connectivity index (χ1) is 11.6. The summed E-state index contributed by atoms with van der Waals surface area (Å²) in [5.74, 6) is -0.369. The van der Waals surface area contributed by atoms with Crippen LogP contribution in [0.25, 0.3) is 0 Å². The van der Waals surface area contributed by atoms with Gasteiger partial charge in [-0.25, -0.2) is 9.18 Å². The summed E-state index contributed by atoms with van der Waals surface area (Å²) in [6, 6.07) is 13.3. The number of nitrogens with one attached hydrogen (secondary N) is 1. The highest BCUT2D eigenvalue weighted by Gasteiger charge is 2.28. The monoisotopic (exact) mass is 346 g/mol. The van der Waals surface area contributed by atoms with Crippen LogP contribution in [0.1, 0.15) is 37.3 Å². The maximum Gasteiger partial charge on any atom is 0.322 e. The van der Waals surface area contributed by atoms with Crippen LogP contribution in [0.5, 0.6) is 0 Å². The fourth-order valence-corrected chi connectivity index (χ4v) is 3.44. The lowest BCUT2D eigenvalue weighted by atomic mass is 10.0. The molecular formula is C19H20ClFN2O. The van der Waals surface area contributed by atoms with E-state index in [-0.39, 0.29) is 17.9 Å². The molecule has 1 saturated heterocycles. The van der Waals surface area contributed by atoms with Gasteiger partial charge in [0.2, 0.25) is 0 Å². The zero-order chi connectivity index (χ0) is 16.9. The minimum absolute atomic E-state index is 0.0604. The molecule has 2 aromatic carbocycles. The number of amides is 2. The van der Waals surface area contributed by atoms with Gasteiger partial charge in [0.05, 0.1) is 6.04 Å². The van der Waals surface area contributed by atoms with Crippen LogP contribution in [0.2, 0.25) is 5.02 Å². The third kappa shape index (κ3) is 3.88. The molecule has 1 atom stereocenters. The van der Waals surface area contributed by atoms with Crippen LogP contribution in [-0.4, -0.2) is 17.5 Å². The van der Waals surface area contributed by atoms with Gasteiger partial charge in [0.25, 0.3) is 0 Å². The SMILES string of the molecule is O=C(Nc1cccc(F)c1)N1CCCCCC1c1ccccc1Cl. The molecule has 1 heterocycles. The highest BCUT2D eigenvalue weighted by Crippen LogP contribution is 2.34. The lowest BCUT2D eigenvalue weighted by molar-refractivity contribution is 0.189. The van der Waals surface area contributed by atoms with Crippen molar-refractivity contribution in [1.29, 1.82) is 0 Å². The van der Waals surface area contributed by atoms with E-state index in [0.29, 0.717) is 17.3 Å². The minimum Gasteiger partial charge on any atom is -0.317 e. The van der Waals surface area contributed by atoms with Gasteiger partial charge in [0.1, 0.15) is 5.82 Å². The van der Waals surface area contributed by atoms with Gasteiger partial charge in [-0.1, -0.05) is 48.7 Å². The molecule has 0 radical (unpaired) electrons.